The predicted octanol–water partition coefficient (Wildman–Crippen LogP) is 1.75. The Bertz CT molecular complexity index is 1130. The SMILES string of the molecule is COc1ccc(N2C(=O)C(=O)N(CC(=O)N3c4ccccc4NC(=O)C[C@@H]3C)C2=O)cc1. The summed E-state index contributed by atoms with van der Waals surface area (Å²) >= 11 is 0. The normalized spacial score (nSPS) is 18.4. The molecule has 1 atom stereocenters. The number of carbonyl (C=O) groups excluding carboxylic acids is 5. The van der Waals surface area contributed by atoms with Crippen LogP contribution in [0, 0.1) is 0 Å². The van der Waals surface area contributed by atoms with Gasteiger partial charge in [0.15, 0.2) is 0 Å². The molecule has 32 heavy (non-hydrogen) atoms. The third-order valence-corrected chi connectivity index (χ3v) is 5.31. The van der Waals surface area contributed by atoms with Crippen molar-refractivity contribution in [3.05, 3.63) is 48.5 Å². The highest BCUT2D eigenvalue weighted by Gasteiger charge is 2.47. The number of amides is 6. The molecular formula is C22H20N4O6. The number of urea groups is 1. The number of nitrogens with zero attached hydrogens (tertiary/aromatic N) is 3. The van der Waals surface area contributed by atoms with Gasteiger partial charge < -0.3 is 15.0 Å². The molecule has 1 N–H and O–H groups in total. The Morgan fingerprint density at radius 3 is 2.41 bits per heavy atom. The quantitative estimate of drug-likeness (QED) is 0.577. The van der Waals surface area contributed by atoms with Crippen molar-refractivity contribution >= 4 is 46.7 Å². The monoisotopic (exact) mass is 436 g/mol. The number of hydrogen-bond donors (Lipinski definition) is 1. The van der Waals surface area contributed by atoms with E-state index in [0.717, 1.165) is 4.90 Å². The van der Waals surface area contributed by atoms with Crippen LogP contribution in [-0.2, 0) is 19.2 Å². The highest BCUT2D eigenvalue weighted by Crippen LogP contribution is 2.32. The Hall–Kier alpha value is -4.21. The number of methoxy groups -OCH3 is 1. The third kappa shape index (κ3) is 3.55. The molecule has 10 nitrogen and oxygen atoms in total. The molecule has 2 aliphatic heterocycles. The first-order valence-electron chi connectivity index (χ1n) is 9.86. The van der Waals surface area contributed by atoms with Crippen molar-refractivity contribution in [2.75, 3.05) is 28.8 Å². The summed E-state index contributed by atoms with van der Waals surface area (Å²) in [6.45, 7) is 1.06. The molecule has 0 bridgehead atoms. The molecule has 2 aliphatic rings. The summed E-state index contributed by atoms with van der Waals surface area (Å²) in [5.41, 5.74) is 1.09. The van der Waals surface area contributed by atoms with Crippen LogP contribution in [0.5, 0.6) is 5.75 Å². The molecule has 10 heteroatoms. The van der Waals surface area contributed by atoms with Crippen LogP contribution in [0.25, 0.3) is 0 Å². The first kappa shape index (κ1) is 21.0. The molecule has 1 saturated heterocycles. The average Bonchev–Trinajstić information content (AvgIpc) is 2.90. The molecule has 2 aromatic carbocycles. The smallest absolute Gasteiger partial charge is 0.339 e. The van der Waals surface area contributed by atoms with E-state index in [2.05, 4.69) is 5.32 Å². The van der Waals surface area contributed by atoms with E-state index in [4.69, 9.17) is 4.74 Å². The molecule has 0 aliphatic carbocycles. The van der Waals surface area contributed by atoms with Gasteiger partial charge >= 0.3 is 17.8 Å². The fourth-order valence-electron chi connectivity index (χ4n) is 3.78. The Morgan fingerprint density at radius 2 is 1.72 bits per heavy atom. The van der Waals surface area contributed by atoms with Gasteiger partial charge in [-0.1, -0.05) is 12.1 Å². The number of ether oxygens (including phenoxy) is 1. The van der Waals surface area contributed by atoms with Crippen molar-refractivity contribution in [3.63, 3.8) is 0 Å². The summed E-state index contributed by atoms with van der Waals surface area (Å²) in [6.07, 6.45) is 0.0409. The van der Waals surface area contributed by atoms with Gasteiger partial charge in [0.2, 0.25) is 11.8 Å². The average molecular weight is 436 g/mol. The van der Waals surface area contributed by atoms with Gasteiger partial charge in [-0.3, -0.25) is 19.2 Å². The zero-order valence-electron chi connectivity index (χ0n) is 17.4. The van der Waals surface area contributed by atoms with E-state index in [-0.39, 0.29) is 18.0 Å². The second kappa shape index (κ2) is 8.14. The van der Waals surface area contributed by atoms with E-state index < -0.39 is 36.3 Å². The maximum Gasteiger partial charge on any atom is 0.339 e. The molecule has 6 amide bonds. The molecule has 1 fully saturated rings. The van der Waals surface area contributed by atoms with Crippen LogP contribution in [0.4, 0.5) is 21.9 Å². The number of fused-ring (bicyclic) bond motifs is 1. The highest BCUT2D eigenvalue weighted by molar-refractivity contribution is 6.53. The zero-order valence-corrected chi connectivity index (χ0v) is 17.4. The maximum atomic E-state index is 13.2. The van der Waals surface area contributed by atoms with E-state index in [1.165, 1.54) is 24.1 Å². The van der Waals surface area contributed by atoms with Crippen LogP contribution in [0.1, 0.15) is 13.3 Å². The van der Waals surface area contributed by atoms with Crippen LogP contribution < -0.4 is 19.9 Å². The minimum Gasteiger partial charge on any atom is -0.497 e. The van der Waals surface area contributed by atoms with Crippen molar-refractivity contribution in [2.24, 2.45) is 0 Å². The summed E-state index contributed by atoms with van der Waals surface area (Å²) in [5.74, 6) is -2.47. The first-order valence-corrected chi connectivity index (χ1v) is 9.86. The minimum atomic E-state index is -1.09. The van der Waals surface area contributed by atoms with Crippen LogP contribution in [0.3, 0.4) is 0 Å². The molecule has 2 aromatic rings. The molecule has 0 radical (unpaired) electrons. The van der Waals surface area contributed by atoms with Gasteiger partial charge in [0.1, 0.15) is 12.3 Å². The van der Waals surface area contributed by atoms with E-state index in [1.807, 2.05) is 0 Å². The number of nitrogens with one attached hydrogen (secondary N) is 1. The Balaban J connectivity index is 1.60. The van der Waals surface area contributed by atoms with Gasteiger partial charge in [-0.2, -0.15) is 0 Å². The number of anilines is 3. The van der Waals surface area contributed by atoms with E-state index >= 15 is 0 Å². The topological polar surface area (TPSA) is 116 Å². The van der Waals surface area contributed by atoms with Gasteiger partial charge in [0, 0.05) is 12.5 Å². The van der Waals surface area contributed by atoms with Crippen molar-refractivity contribution in [3.8, 4) is 5.75 Å². The standard InChI is InChI=1S/C22H20N4O6/c1-13-11-18(27)23-16-5-3-4-6-17(16)25(13)19(28)12-24-20(29)21(30)26(22(24)31)14-7-9-15(32-2)10-8-14/h3-10,13H,11-12H2,1-2H3,(H,23,27)/t13-/m0/s1. The van der Waals surface area contributed by atoms with Crippen LogP contribution >= 0.6 is 0 Å². The first-order chi connectivity index (χ1) is 15.3. The van der Waals surface area contributed by atoms with Crippen LogP contribution in [0.15, 0.2) is 48.5 Å². The van der Waals surface area contributed by atoms with Crippen molar-refractivity contribution in [2.45, 2.75) is 19.4 Å². The van der Waals surface area contributed by atoms with Gasteiger partial charge in [-0.15, -0.1) is 0 Å². The van der Waals surface area contributed by atoms with E-state index in [9.17, 15) is 24.0 Å². The number of imide groups is 2. The lowest BCUT2D eigenvalue weighted by atomic mass is 10.1. The highest BCUT2D eigenvalue weighted by atomic mass is 16.5. The largest absolute Gasteiger partial charge is 0.497 e. The van der Waals surface area contributed by atoms with Gasteiger partial charge in [-0.05, 0) is 43.3 Å². The molecule has 0 spiro atoms. The lowest BCUT2D eigenvalue weighted by Gasteiger charge is -2.29. The number of benzene rings is 2. The Labute approximate surface area is 183 Å². The number of rotatable bonds is 4. The van der Waals surface area contributed by atoms with Gasteiger partial charge in [-0.25, -0.2) is 14.6 Å². The van der Waals surface area contributed by atoms with Crippen LogP contribution in [-0.4, -0.2) is 54.3 Å². The Morgan fingerprint density at radius 1 is 1.03 bits per heavy atom. The van der Waals surface area contributed by atoms with Gasteiger partial charge in [0.25, 0.3) is 0 Å². The summed E-state index contributed by atoms with van der Waals surface area (Å²) in [7, 11) is 1.48. The lowest BCUT2D eigenvalue weighted by Crippen LogP contribution is -2.47. The minimum absolute atomic E-state index is 0.0409. The molecule has 0 saturated carbocycles. The fraction of sp³-hybridized carbons (Fsp3) is 0.227. The third-order valence-electron chi connectivity index (χ3n) is 5.31. The lowest BCUT2D eigenvalue weighted by molar-refractivity contribution is -0.140. The molecule has 0 aromatic heterocycles. The van der Waals surface area contributed by atoms with Crippen molar-refractivity contribution < 1.29 is 28.7 Å². The molecule has 164 valence electrons. The van der Waals surface area contributed by atoms with Crippen LogP contribution in [0.2, 0.25) is 0 Å². The second-order valence-corrected chi connectivity index (χ2v) is 7.39. The number of carbonyl (C=O) groups is 5. The van der Waals surface area contributed by atoms with Gasteiger partial charge in [0.05, 0.1) is 24.2 Å². The number of hydrogen-bond acceptors (Lipinski definition) is 6. The summed E-state index contributed by atoms with van der Waals surface area (Å²) in [6, 6.07) is 11.4. The number of para-hydroxylation sites is 2. The predicted molar refractivity (Wildman–Crippen MR) is 114 cm³/mol. The fourth-order valence-corrected chi connectivity index (χ4v) is 3.78. The molecule has 0 unspecified atom stereocenters. The van der Waals surface area contributed by atoms with E-state index in [1.54, 1.807) is 43.3 Å². The molecule has 2 heterocycles. The molecular weight excluding hydrogens is 416 g/mol. The van der Waals surface area contributed by atoms with E-state index in [0.29, 0.717) is 22.0 Å². The Kier molecular flexibility index (Phi) is 5.35. The second-order valence-electron chi connectivity index (χ2n) is 7.39. The maximum absolute atomic E-state index is 13.2. The summed E-state index contributed by atoms with van der Waals surface area (Å²) in [4.78, 5) is 66.0. The molecule has 4 rings (SSSR count). The summed E-state index contributed by atoms with van der Waals surface area (Å²) in [5, 5.41) is 2.74. The van der Waals surface area contributed by atoms with Crippen molar-refractivity contribution in [1.82, 2.24) is 4.90 Å². The zero-order chi connectivity index (χ0) is 23.0. The summed E-state index contributed by atoms with van der Waals surface area (Å²) < 4.78 is 5.06. The van der Waals surface area contributed by atoms with Crippen molar-refractivity contribution in [1.29, 1.82) is 0 Å².